The van der Waals surface area contributed by atoms with Crippen LogP contribution in [0.15, 0.2) is 47.6 Å². The van der Waals surface area contributed by atoms with E-state index in [1.165, 1.54) is 0 Å². The lowest BCUT2D eigenvalue weighted by molar-refractivity contribution is 0.476. The smallest absolute Gasteiger partial charge is 0.193 e. The molecule has 0 aliphatic carbocycles. The van der Waals surface area contributed by atoms with Crippen molar-refractivity contribution in [2.75, 3.05) is 20.1 Å². The van der Waals surface area contributed by atoms with Crippen LogP contribution in [-0.2, 0) is 13.0 Å². The van der Waals surface area contributed by atoms with Gasteiger partial charge in [0.2, 0.25) is 0 Å². The van der Waals surface area contributed by atoms with E-state index in [-0.39, 0.29) is 24.0 Å². The number of aliphatic imine (C=N–C) groups is 1. The summed E-state index contributed by atoms with van der Waals surface area (Å²) in [7, 11) is 2.01. The lowest BCUT2D eigenvalue weighted by Gasteiger charge is -2.22. The Hall–Kier alpha value is -1.58. The molecular weight excluding hydrogens is 522 g/mol. The van der Waals surface area contributed by atoms with Gasteiger partial charge in [0.15, 0.2) is 11.6 Å². The minimum atomic E-state index is 0. The highest BCUT2D eigenvalue weighted by Crippen LogP contribution is 2.23. The number of hydrogen-bond acceptors (Lipinski definition) is 3. The number of aromatic nitrogens is 3. The van der Waals surface area contributed by atoms with Gasteiger partial charge in [-0.25, -0.2) is 0 Å². The summed E-state index contributed by atoms with van der Waals surface area (Å²) in [6.07, 6.45) is 3.71. The van der Waals surface area contributed by atoms with E-state index in [2.05, 4.69) is 27.3 Å². The van der Waals surface area contributed by atoms with Gasteiger partial charge in [0.1, 0.15) is 5.82 Å². The molecule has 29 heavy (non-hydrogen) atoms. The molecule has 9 heteroatoms. The molecule has 156 valence electrons. The number of guanidine groups is 1. The molecule has 0 aliphatic heterocycles. The maximum absolute atomic E-state index is 6.12. The summed E-state index contributed by atoms with van der Waals surface area (Å²) in [6.45, 7) is 4.26. The van der Waals surface area contributed by atoms with Crippen LogP contribution in [0.25, 0.3) is 5.65 Å². The van der Waals surface area contributed by atoms with E-state index in [0.717, 1.165) is 42.4 Å². The molecule has 0 saturated heterocycles. The summed E-state index contributed by atoms with van der Waals surface area (Å²) in [6, 6.07) is 11.6. The van der Waals surface area contributed by atoms with E-state index >= 15 is 0 Å². The molecule has 0 spiro atoms. The van der Waals surface area contributed by atoms with Crippen molar-refractivity contribution in [2.24, 2.45) is 4.99 Å². The van der Waals surface area contributed by atoms with Crippen LogP contribution < -0.4 is 5.32 Å². The third kappa shape index (κ3) is 6.45. The Balaban J connectivity index is 0.00000300. The van der Waals surface area contributed by atoms with Gasteiger partial charge >= 0.3 is 0 Å². The van der Waals surface area contributed by atoms with Crippen molar-refractivity contribution in [3.8, 4) is 0 Å². The van der Waals surface area contributed by atoms with Crippen LogP contribution in [0, 0.1) is 0 Å². The predicted octanol–water partition coefficient (Wildman–Crippen LogP) is 4.68. The summed E-state index contributed by atoms with van der Waals surface area (Å²) in [4.78, 5) is 6.82. The third-order valence-electron chi connectivity index (χ3n) is 4.30. The van der Waals surface area contributed by atoms with E-state index in [0.29, 0.717) is 23.1 Å². The molecule has 0 bridgehead atoms. The zero-order chi connectivity index (χ0) is 19.9. The van der Waals surface area contributed by atoms with Gasteiger partial charge in [-0.15, -0.1) is 34.2 Å². The Kier molecular flexibility index (Phi) is 9.45. The SMILES string of the molecule is CCNC(=NCCCc1nnc2ccccn12)N(C)Cc1ccc(Cl)c(Cl)c1.I. The van der Waals surface area contributed by atoms with Crippen molar-refractivity contribution in [3.63, 3.8) is 0 Å². The number of nitrogens with zero attached hydrogens (tertiary/aromatic N) is 5. The van der Waals surface area contributed by atoms with E-state index in [9.17, 15) is 0 Å². The van der Waals surface area contributed by atoms with Gasteiger partial charge in [-0.05, 0) is 43.2 Å². The summed E-state index contributed by atoms with van der Waals surface area (Å²) in [5.41, 5.74) is 1.95. The average molecular weight is 547 g/mol. The quantitative estimate of drug-likeness (QED) is 0.202. The first-order valence-electron chi connectivity index (χ1n) is 9.30. The highest BCUT2D eigenvalue weighted by molar-refractivity contribution is 14.0. The van der Waals surface area contributed by atoms with Crippen molar-refractivity contribution in [2.45, 2.75) is 26.3 Å². The molecule has 2 heterocycles. The lowest BCUT2D eigenvalue weighted by atomic mass is 10.2. The molecule has 0 saturated carbocycles. The maximum Gasteiger partial charge on any atom is 0.193 e. The normalized spacial score (nSPS) is 11.4. The summed E-state index contributed by atoms with van der Waals surface area (Å²) in [5, 5.41) is 12.9. The average Bonchev–Trinajstić information content (AvgIpc) is 3.10. The van der Waals surface area contributed by atoms with Crippen molar-refractivity contribution in [1.29, 1.82) is 0 Å². The van der Waals surface area contributed by atoms with Crippen molar-refractivity contribution < 1.29 is 0 Å². The predicted molar refractivity (Wildman–Crippen MR) is 131 cm³/mol. The van der Waals surface area contributed by atoms with E-state index in [4.69, 9.17) is 28.2 Å². The molecule has 1 N–H and O–H groups in total. The van der Waals surface area contributed by atoms with Gasteiger partial charge in [0, 0.05) is 39.3 Å². The third-order valence-corrected chi connectivity index (χ3v) is 5.04. The molecule has 2 aromatic heterocycles. The number of halogens is 3. The molecule has 1 aromatic carbocycles. The van der Waals surface area contributed by atoms with Crippen LogP contribution in [0.4, 0.5) is 0 Å². The molecule has 0 amide bonds. The first kappa shape index (κ1) is 23.7. The van der Waals surface area contributed by atoms with Crippen molar-refractivity contribution in [3.05, 3.63) is 64.0 Å². The fourth-order valence-corrected chi connectivity index (χ4v) is 3.26. The standard InChI is InChI=1S/C20H24Cl2N6.HI/c1-3-23-20(27(2)14-15-9-10-16(21)17(22)13-15)24-11-6-8-19-26-25-18-7-4-5-12-28(18)19;/h4-5,7,9-10,12-13H,3,6,8,11,14H2,1-2H3,(H,23,24);1H. The number of aryl methyl sites for hydroxylation is 1. The number of rotatable bonds is 7. The fourth-order valence-electron chi connectivity index (χ4n) is 2.94. The van der Waals surface area contributed by atoms with Crippen LogP contribution >= 0.6 is 47.2 Å². The Morgan fingerprint density at radius 2 is 2.00 bits per heavy atom. The van der Waals surface area contributed by atoms with E-state index < -0.39 is 0 Å². The number of pyridine rings is 1. The van der Waals surface area contributed by atoms with Crippen LogP contribution in [-0.4, -0.2) is 45.6 Å². The minimum absolute atomic E-state index is 0. The maximum atomic E-state index is 6.12. The van der Waals surface area contributed by atoms with Gasteiger partial charge in [-0.3, -0.25) is 9.39 Å². The molecule has 0 radical (unpaired) electrons. The molecule has 3 rings (SSSR count). The Labute approximate surface area is 198 Å². The monoisotopic (exact) mass is 546 g/mol. The van der Waals surface area contributed by atoms with Gasteiger partial charge in [0.05, 0.1) is 10.0 Å². The summed E-state index contributed by atoms with van der Waals surface area (Å²) in [5.74, 6) is 1.82. The zero-order valence-corrected chi connectivity index (χ0v) is 20.3. The van der Waals surface area contributed by atoms with Crippen molar-refractivity contribution >= 4 is 58.8 Å². The van der Waals surface area contributed by atoms with Crippen molar-refractivity contribution in [1.82, 2.24) is 24.8 Å². The van der Waals surface area contributed by atoms with E-state index in [1.807, 2.05) is 54.0 Å². The highest BCUT2D eigenvalue weighted by atomic mass is 127. The molecule has 0 atom stereocenters. The number of hydrogen-bond donors (Lipinski definition) is 1. The number of fused-ring (bicyclic) bond motifs is 1. The second kappa shape index (κ2) is 11.6. The van der Waals surface area contributed by atoms with Crippen LogP contribution in [0.5, 0.6) is 0 Å². The molecule has 3 aromatic rings. The lowest BCUT2D eigenvalue weighted by Crippen LogP contribution is -2.38. The first-order chi connectivity index (χ1) is 13.6. The van der Waals surface area contributed by atoms with Gasteiger partial charge in [0.25, 0.3) is 0 Å². The number of benzene rings is 1. The Morgan fingerprint density at radius 3 is 2.76 bits per heavy atom. The molecule has 6 nitrogen and oxygen atoms in total. The second-order valence-electron chi connectivity index (χ2n) is 6.49. The Morgan fingerprint density at radius 1 is 1.17 bits per heavy atom. The molecular formula is C20H25Cl2IN6. The molecule has 0 aliphatic rings. The van der Waals surface area contributed by atoms with Crippen LogP contribution in [0.1, 0.15) is 24.7 Å². The first-order valence-corrected chi connectivity index (χ1v) is 10.1. The van der Waals surface area contributed by atoms with E-state index in [1.54, 1.807) is 0 Å². The summed E-state index contributed by atoms with van der Waals surface area (Å²) >= 11 is 12.1. The van der Waals surface area contributed by atoms with Gasteiger partial charge in [-0.1, -0.05) is 35.3 Å². The molecule has 0 unspecified atom stereocenters. The molecule has 0 fully saturated rings. The minimum Gasteiger partial charge on any atom is -0.357 e. The Bertz CT molecular complexity index is 959. The number of nitrogens with one attached hydrogen (secondary N) is 1. The topological polar surface area (TPSA) is 57.8 Å². The van der Waals surface area contributed by atoms with Gasteiger partial charge in [-0.2, -0.15) is 0 Å². The highest BCUT2D eigenvalue weighted by Gasteiger charge is 2.09. The fraction of sp³-hybridized carbons (Fsp3) is 0.350. The second-order valence-corrected chi connectivity index (χ2v) is 7.30. The van der Waals surface area contributed by atoms with Gasteiger partial charge < -0.3 is 10.2 Å². The van der Waals surface area contributed by atoms with Crippen LogP contribution in [0.2, 0.25) is 10.0 Å². The summed E-state index contributed by atoms with van der Waals surface area (Å²) < 4.78 is 2.02. The zero-order valence-electron chi connectivity index (χ0n) is 16.5. The largest absolute Gasteiger partial charge is 0.357 e. The van der Waals surface area contributed by atoms with Crippen LogP contribution in [0.3, 0.4) is 0 Å².